The molecule has 2 aromatic heterocycles. The molecular weight excluding hydrogens is 1040 g/mol. The second-order valence-corrected chi connectivity index (χ2v) is 23.5. The zero-order chi connectivity index (χ0) is 54.8. The number of hydrogen-bond acceptors (Lipinski definition) is 17. The Hall–Kier alpha value is -6.19. The maximum absolute atomic E-state index is 14.1. The van der Waals surface area contributed by atoms with Gasteiger partial charge in [0.2, 0.25) is 11.9 Å². The molecule has 0 amide bonds. The molecule has 2 saturated heterocycles. The van der Waals surface area contributed by atoms with E-state index in [2.05, 4.69) is 78.5 Å². The first-order chi connectivity index (χ1) is 35.5. The monoisotopic (exact) mass is 1110 g/mol. The number of halogens is 2. The Morgan fingerprint density at radius 1 is 0.636 bits per heavy atom. The molecule has 2 fully saturated rings. The van der Waals surface area contributed by atoms with E-state index in [4.69, 9.17) is 34.3 Å². The fraction of sp³-hybridized carbons (Fsp3) is 0.382. The van der Waals surface area contributed by atoms with Crippen LogP contribution in [0.3, 0.4) is 0 Å². The summed E-state index contributed by atoms with van der Waals surface area (Å²) < 4.78 is 81.1. The molecule has 6 aromatic rings. The number of ether oxygens (including phenoxy) is 1. The average Bonchev–Trinajstić information content (AvgIpc) is 3.36. The molecule has 1 N–H and O–H groups in total. The summed E-state index contributed by atoms with van der Waals surface area (Å²) in [6, 6.07) is 24.6. The first-order valence-corrected chi connectivity index (χ1v) is 28.2. The van der Waals surface area contributed by atoms with Gasteiger partial charge in [-0.3, -0.25) is 4.79 Å². The molecule has 0 unspecified atom stereocenters. The summed E-state index contributed by atoms with van der Waals surface area (Å²) in [5.74, 6) is 0.991. The molecule has 22 heteroatoms. The van der Waals surface area contributed by atoms with Gasteiger partial charge in [-0.2, -0.15) is 9.59 Å². The maximum Gasteiger partial charge on any atom is 1.00 e. The minimum Gasteiger partial charge on any atom is -0.870 e. The van der Waals surface area contributed by atoms with Crippen LogP contribution >= 0.6 is 0 Å². The van der Waals surface area contributed by atoms with Crippen LogP contribution in [-0.4, -0.2) is 119 Å². The molecule has 8 rings (SSSR count). The number of nitrogens with zero attached hydrogens (tertiary/aromatic N) is 8. The van der Waals surface area contributed by atoms with Crippen LogP contribution in [0, 0.1) is 44.2 Å². The summed E-state index contributed by atoms with van der Waals surface area (Å²) in [7, 11) is -7.31. The Labute approximate surface area is 472 Å². The Morgan fingerprint density at radius 3 is 1.35 bits per heavy atom. The van der Waals surface area contributed by atoms with Crippen molar-refractivity contribution in [1.29, 1.82) is 0 Å². The van der Waals surface area contributed by atoms with E-state index in [0.29, 0.717) is 87.1 Å². The number of carbonyl (C=O) groups is 1. The van der Waals surface area contributed by atoms with Gasteiger partial charge in [0.05, 0.1) is 12.1 Å². The van der Waals surface area contributed by atoms with Crippen molar-refractivity contribution in [2.24, 2.45) is 11.8 Å². The number of carbonyl (C=O) groups excluding carboxylic acids is 3. The molecule has 0 aliphatic carbocycles. The fourth-order valence-corrected chi connectivity index (χ4v) is 10.7. The molecule has 2 atom stereocenters. The first kappa shape index (κ1) is 63.3. The maximum atomic E-state index is 14.1. The number of anilines is 4. The smallest absolute Gasteiger partial charge is 0.870 e. The Balaban J connectivity index is 0.000000309. The van der Waals surface area contributed by atoms with E-state index in [1.165, 1.54) is 35.4 Å². The van der Waals surface area contributed by atoms with Gasteiger partial charge in [0.25, 0.3) is 6.47 Å². The summed E-state index contributed by atoms with van der Waals surface area (Å²) in [4.78, 5) is 54.0. The van der Waals surface area contributed by atoms with E-state index < -0.39 is 31.3 Å². The molecule has 77 heavy (non-hydrogen) atoms. The Kier molecular flexibility index (Phi) is 23.0. The van der Waals surface area contributed by atoms with Gasteiger partial charge >= 0.3 is 35.7 Å². The van der Waals surface area contributed by atoms with E-state index in [-0.39, 0.29) is 69.0 Å². The predicted molar refractivity (Wildman–Crippen MR) is 286 cm³/mol. The molecule has 2 aliphatic heterocycles. The van der Waals surface area contributed by atoms with Crippen LogP contribution in [-0.2, 0) is 46.9 Å². The zero-order valence-corrected chi connectivity index (χ0v) is 48.8. The molecule has 4 heterocycles. The number of aryl methyl sites for hydroxylation is 3. The molecule has 0 saturated carbocycles. The third-order valence-corrected chi connectivity index (χ3v) is 15.6. The topological polar surface area (TPSA) is 223 Å². The van der Waals surface area contributed by atoms with Crippen LogP contribution in [0.4, 0.5) is 32.1 Å². The van der Waals surface area contributed by atoms with E-state index >= 15 is 0 Å². The minimum atomic E-state index is -3.67. The normalized spacial score (nSPS) is 15.5. The van der Waals surface area contributed by atoms with Gasteiger partial charge in [-0.1, -0.05) is 69.7 Å². The van der Waals surface area contributed by atoms with Gasteiger partial charge in [-0.05, 0) is 103 Å². The van der Waals surface area contributed by atoms with E-state index in [1.807, 2.05) is 38.4 Å². The van der Waals surface area contributed by atoms with E-state index in [1.54, 1.807) is 24.3 Å². The largest absolute Gasteiger partial charge is 1.00 e. The van der Waals surface area contributed by atoms with Gasteiger partial charge in [0.15, 0.2) is 19.7 Å². The zero-order valence-electron chi connectivity index (χ0n) is 45.1. The van der Waals surface area contributed by atoms with Gasteiger partial charge in [0.1, 0.15) is 27.2 Å². The van der Waals surface area contributed by atoms with Crippen molar-refractivity contribution in [3.05, 3.63) is 148 Å². The standard InChI is InChI=1S/C27H31FN4O4S.C27H33FN4O2S.CO2.Na.H2O/c1-18(2)25-16-31(22-7-10-24(28)26(14-22)37(4,34)35)11-12-32(25)27-29-15-21(19(3)30-27)13-20-5-8-23(9-6-20)36-17-33;1-18(2)25-17-31(23-10-11-24(28)26(15-23)35(5,33)34)12-13-32(25)27-29-16-22(20(4)30-27)14-21-8-6-19(3)7-9-21;2-1-3;;/h5-10,14-15,17-18,25H,11-13,16H2,1-4H3;6-11,15-16,18,25H,12-14,17H2,1-5H3;;;1H2/q;;;+1;/p-1/t2*25-;;;/m00.../s1. The average molecular weight is 1110 g/mol. The van der Waals surface area contributed by atoms with Crippen LogP contribution < -0.4 is 53.9 Å². The summed E-state index contributed by atoms with van der Waals surface area (Å²) in [5.41, 5.74) is 8.90. The van der Waals surface area contributed by atoms with Crippen LogP contribution in [0.15, 0.2) is 107 Å². The second kappa shape index (κ2) is 27.9. The van der Waals surface area contributed by atoms with Crippen molar-refractivity contribution < 1.29 is 79.8 Å². The van der Waals surface area contributed by atoms with Crippen LogP contribution in [0.5, 0.6) is 5.75 Å². The van der Waals surface area contributed by atoms with Gasteiger partial charge < -0.3 is 29.8 Å². The SMILES string of the molecule is Cc1ccc(Cc2cnc(N3CCN(c4ccc(F)c(S(C)(=O)=O)c4)C[C@H]3C(C)C)nc2C)cc1.Cc1nc(N2CCN(c3ccc(F)c(S(C)(=O)=O)c3)C[C@H]2C(C)C)ncc1Cc1ccc(OC=O)cc1.O=C=O.[Na+].[OH-]. The summed E-state index contributed by atoms with van der Waals surface area (Å²) >= 11 is 0. The number of piperazine rings is 2. The van der Waals surface area contributed by atoms with Crippen LogP contribution in [0.1, 0.15) is 66.9 Å². The van der Waals surface area contributed by atoms with Crippen LogP contribution in [0.25, 0.3) is 0 Å². The van der Waals surface area contributed by atoms with Crippen molar-refractivity contribution >= 4 is 55.6 Å². The van der Waals surface area contributed by atoms with Crippen molar-refractivity contribution in [3.8, 4) is 5.75 Å². The fourth-order valence-electron chi connectivity index (χ4n) is 9.14. The predicted octanol–water partition coefficient (Wildman–Crippen LogP) is 4.63. The van der Waals surface area contributed by atoms with Crippen molar-refractivity contribution in [2.75, 3.05) is 71.4 Å². The molecular formula is C55H65F2N8NaO9S2. The number of hydrogen-bond donors (Lipinski definition) is 0. The summed E-state index contributed by atoms with van der Waals surface area (Å²) in [6.07, 6.45) is 7.54. The molecule has 17 nitrogen and oxygen atoms in total. The molecule has 4 aromatic carbocycles. The van der Waals surface area contributed by atoms with Gasteiger partial charge in [-0.25, -0.2) is 45.6 Å². The molecule has 0 spiro atoms. The molecule has 0 radical (unpaired) electrons. The molecule has 2 aliphatic rings. The Bertz CT molecular complexity index is 3220. The minimum absolute atomic E-state index is 0. The third-order valence-electron chi connectivity index (χ3n) is 13.4. The molecule has 0 bridgehead atoms. The van der Waals surface area contributed by atoms with Gasteiger partial charge in [-0.15, -0.1) is 0 Å². The number of sulfone groups is 2. The van der Waals surface area contributed by atoms with Crippen molar-refractivity contribution in [2.45, 2.75) is 83.2 Å². The van der Waals surface area contributed by atoms with Crippen LogP contribution in [0.2, 0.25) is 0 Å². The van der Waals surface area contributed by atoms with Crippen molar-refractivity contribution in [3.63, 3.8) is 0 Å². The Morgan fingerprint density at radius 2 is 1.01 bits per heavy atom. The number of benzene rings is 4. The summed E-state index contributed by atoms with van der Waals surface area (Å²) in [5, 5.41) is 0. The molecule has 406 valence electrons. The van der Waals surface area contributed by atoms with E-state index in [0.717, 1.165) is 47.0 Å². The number of rotatable bonds is 14. The summed E-state index contributed by atoms with van der Waals surface area (Å²) in [6.45, 7) is 19.0. The second-order valence-electron chi connectivity index (χ2n) is 19.5. The number of aromatic nitrogens is 4. The third kappa shape index (κ3) is 16.7. The first-order valence-electron chi connectivity index (χ1n) is 24.4. The van der Waals surface area contributed by atoms with Gasteiger partial charge in [0, 0.05) is 99.8 Å². The van der Waals surface area contributed by atoms with Crippen molar-refractivity contribution in [1.82, 2.24) is 19.9 Å². The quantitative estimate of drug-likeness (QED) is 0.107. The van der Waals surface area contributed by atoms with E-state index in [9.17, 15) is 30.4 Å².